The van der Waals surface area contributed by atoms with Crippen LogP contribution in [0.3, 0.4) is 0 Å². The van der Waals surface area contributed by atoms with Crippen molar-refractivity contribution in [1.82, 2.24) is 20.0 Å². The SMILES string of the molecule is C=C(CC(NC(=O)CCCCCN1C(=O)C=CC1=O)C(=O)O)SC(C)COC(=O)N(C)CCN(C)C(=O)Oc1cc2c(c3ccccc13)C(CCl)CC2C(=O)C12CC(C(C)=O)(C1)C2. The van der Waals surface area contributed by atoms with E-state index in [0.29, 0.717) is 61.5 Å². The number of nitrogens with one attached hydrogen (secondary N) is 1. The molecular weight excluding hydrogens is 852 g/mol. The molecule has 4 atom stereocenters. The molecule has 4 aliphatic carbocycles. The summed E-state index contributed by atoms with van der Waals surface area (Å²) in [4.78, 5) is 105. The highest BCUT2D eigenvalue weighted by Gasteiger charge is 2.74. The number of carboxylic acids is 1. The maximum absolute atomic E-state index is 14.1. The third kappa shape index (κ3) is 10.3. The number of likely N-dealkylation sites (N-methyl/N-ethyl adjacent to an activating group) is 2. The van der Waals surface area contributed by atoms with Gasteiger partial charge in [0.2, 0.25) is 5.91 Å². The number of carbonyl (C=O) groups excluding carboxylic acids is 7. The number of ketones is 2. The van der Waals surface area contributed by atoms with E-state index < -0.39 is 41.4 Å². The molecule has 4 unspecified atom stereocenters. The second-order valence-electron chi connectivity index (χ2n) is 17.5. The minimum Gasteiger partial charge on any atom is -0.480 e. The Hall–Kier alpha value is -5.22. The predicted molar refractivity (Wildman–Crippen MR) is 237 cm³/mol. The molecule has 5 amide bonds. The van der Waals surface area contributed by atoms with Crippen molar-refractivity contribution in [3.8, 4) is 5.75 Å². The second-order valence-corrected chi connectivity index (χ2v) is 19.4. The molecule has 15 nitrogen and oxygen atoms in total. The number of Topliss-reactive ketones (excluding diaryl/α,β-unsaturated/α-hetero) is 2. The van der Waals surface area contributed by atoms with Crippen molar-refractivity contribution in [2.75, 3.05) is 46.2 Å². The first-order chi connectivity index (χ1) is 29.9. The van der Waals surface area contributed by atoms with Crippen molar-refractivity contribution < 1.29 is 52.9 Å². The number of carbonyl (C=O) groups is 8. The van der Waals surface area contributed by atoms with Gasteiger partial charge in [0.25, 0.3) is 11.8 Å². The van der Waals surface area contributed by atoms with E-state index in [4.69, 9.17) is 21.1 Å². The van der Waals surface area contributed by atoms with Gasteiger partial charge in [-0.1, -0.05) is 37.3 Å². The molecular formula is C46H55ClN4O11S. The minimum atomic E-state index is -1.22. The fraction of sp³-hybridized carbons (Fsp3) is 0.522. The lowest BCUT2D eigenvalue weighted by atomic mass is 9.32. The molecule has 338 valence electrons. The Morgan fingerprint density at radius 3 is 2.22 bits per heavy atom. The van der Waals surface area contributed by atoms with Crippen LogP contribution in [0.2, 0.25) is 0 Å². The van der Waals surface area contributed by atoms with Crippen LogP contribution in [0.15, 0.2) is 54.0 Å². The monoisotopic (exact) mass is 906 g/mol. The third-order valence-electron chi connectivity index (χ3n) is 12.8. The number of halogens is 1. The third-order valence-corrected chi connectivity index (χ3v) is 14.2. The number of fused-ring (bicyclic) bond motifs is 3. The maximum Gasteiger partial charge on any atom is 0.415 e. The van der Waals surface area contributed by atoms with Crippen molar-refractivity contribution in [1.29, 1.82) is 0 Å². The summed E-state index contributed by atoms with van der Waals surface area (Å²) in [7, 11) is 3.09. The van der Waals surface area contributed by atoms with E-state index in [0.717, 1.165) is 26.8 Å². The fourth-order valence-electron chi connectivity index (χ4n) is 9.32. The maximum atomic E-state index is 14.1. The molecule has 0 spiro atoms. The van der Waals surface area contributed by atoms with Gasteiger partial charge in [-0.3, -0.25) is 28.9 Å². The van der Waals surface area contributed by atoms with Crippen LogP contribution < -0.4 is 10.1 Å². The number of hydrogen-bond acceptors (Lipinski definition) is 11. The summed E-state index contributed by atoms with van der Waals surface area (Å²) < 4.78 is 11.5. The van der Waals surface area contributed by atoms with Gasteiger partial charge in [-0.25, -0.2) is 14.4 Å². The number of hydrogen-bond donors (Lipinski definition) is 2. The summed E-state index contributed by atoms with van der Waals surface area (Å²) in [6.45, 7) is 7.82. The van der Waals surface area contributed by atoms with Crippen LogP contribution in [0.25, 0.3) is 10.8 Å². The Kier molecular flexibility index (Phi) is 14.8. The molecule has 1 heterocycles. The molecule has 0 saturated heterocycles. The number of rotatable bonds is 22. The Morgan fingerprint density at radius 1 is 0.968 bits per heavy atom. The molecule has 5 aliphatic rings. The Balaban J connectivity index is 0.935. The van der Waals surface area contributed by atoms with Crippen LogP contribution in [0.1, 0.15) is 94.6 Å². The number of nitrogens with zero attached hydrogens (tertiary/aromatic N) is 3. The lowest BCUT2D eigenvalue weighted by Gasteiger charge is -2.69. The summed E-state index contributed by atoms with van der Waals surface area (Å²) >= 11 is 7.72. The number of carboxylic acid groups (broad SMARTS) is 1. The summed E-state index contributed by atoms with van der Waals surface area (Å²) in [5.41, 5.74) is 0.986. The topological polar surface area (TPSA) is 197 Å². The lowest BCUT2D eigenvalue weighted by molar-refractivity contribution is -0.205. The molecule has 0 radical (unpaired) electrons. The van der Waals surface area contributed by atoms with E-state index in [2.05, 4.69) is 11.9 Å². The molecule has 2 bridgehead atoms. The Morgan fingerprint density at radius 2 is 1.60 bits per heavy atom. The van der Waals surface area contributed by atoms with E-state index >= 15 is 0 Å². The number of unbranched alkanes of at least 4 members (excludes halogenated alkanes) is 2. The quantitative estimate of drug-likeness (QED) is 0.0735. The lowest BCUT2D eigenvalue weighted by Crippen LogP contribution is -2.68. The van der Waals surface area contributed by atoms with E-state index in [9.17, 15) is 43.5 Å². The van der Waals surface area contributed by atoms with E-state index in [1.165, 1.54) is 40.8 Å². The average molecular weight is 907 g/mol. The van der Waals surface area contributed by atoms with Gasteiger partial charge in [0.05, 0.1) is 0 Å². The van der Waals surface area contributed by atoms with Gasteiger partial charge in [0.1, 0.15) is 30.0 Å². The highest BCUT2D eigenvalue weighted by Crippen LogP contribution is 2.75. The molecule has 3 fully saturated rings. The van der Waals surface area contributed by atoms with Gasteiger partial charge in [-0.05, 0) is 85.8 Å². The van der Waals surface area contributed by atoms with Crippen molar-refractivity contribution in [2.45, 2.75) is 94.8 Å². The standard InChI is InChI=1S/C46H55ClN4O11S/c1-27(19-35(42(57)58)48-37(53)13-7-6-10-16-51-38(54)14-15-39(51)55)63-28(2)23-61-43(59)49(4)17-18-50(5)44(60)62-36-21-33-34(41(56)46-24-45(25-46,26-46)29(3)52)20-30(22-47)40(33)32-12-9-8-11-31(32)36/h8-9,11-12,14-15,21,28,30,34-35H,1,6-7,10,13,16-20,22-26H2,2-5H3,(H,48,53)(H,57,58). The number of alkyl halides is 1. The van der Waals surface area contributed by atoms with E-state index in [1.807, 2.05) is 24.3 Å². The minimum absolute atomic E-state index is 0.0162. The number of imide groups is 1. The average Bonchev–Trinajstić information content (AvgIpc) is 3.74. The fourth-order valence-corrected chi connectivity index (χ4v) is 10.6. The summed E-state index contributed by atoms with van der Waals surface area (Å²) in [6, 6.07) is 8.18. The van der Waals surface area contributed by atoms with Crippen LogP contribution in [0.4, 0.5) is 9.59 Å². The molecule has 3 saturated carbocycles. The first-order valence-electron chi connectivity index (χ1n) is 21.3. The normalized spacial score (nSPS) is 22.7. The molecule has 7 rings (SSSR count). The zero-order valence-electron chi connectivity index (χ0n) is 36.1. The predicted octanol–water partition coefficient (Wildman–Crippen LogP) is 6.56. The molecule has 2 aromatic carbocycles. The van der Waals surface area contributed by atoms with Crippen LogP contribution in [-0.2, 0) is 33.5 Å². The number of ether oxygens (including phenoxy) is 2. The van der Waals surface area contributed by atoms with Gasteiger partial charge in [-0.2, -0.15) is 0 Å². The molecule has 1 aliphatic heterocycles. The number of benzene rings is 2. The highest BCUT2D eigenvalue weighted by molar-refractivity contribution is 8.03. The molecule has 0 aromatic heterocycles. The highest BCUT2D eigenvalue weighted by atomic mass is 35.5. The smallest absolute Gasteiger partial charge is 0.415 e. The van der Waals surface area contributed by atoms with Crippen molar-refractivity contribution in [3.63, 3.8) is 0 Å². The summed E-state index contributed by atoms with van der Waals surface area (Å²) in [5.74, 6) is -1.90. The van der Waals surface area contributed by atoms with Gasteiger partial charge in [0, 0.05) is 92.0 Å². The number of amides is 5. The van der Waals surface area contributed by atoms with E-state index in [1.54, 1.807) is 27.0 Å². The second kappa shape index (κ2) is 19.7. The Labute approximate surface area is 375 Å². The molecule has 2 aromatic rings. The van der Waals surface area contributed by atoms with Crippen LogP contribution in [0, 0.1) is 10.8 Å². The molecule has 2 N–H and O–H groups in total. The zero-order valence-corrected chi connectivity index (χ0v) is 37.7. The van der Waals surface area contributed by atoms with Gasteiger partial charge in [0.15, 0.2) is 0 Å². The van der Waals surface area contributed by atoms with Crippen molar-refractivity contribution in [2.24, 2.45) is 10.8 Å². The van der Waals surface area contributed by atoms with Crippen LogP contribution >= 0.6 is 23.4 Å². The molecule has 17 heteroatoms. The van der Waals surface area contributed by atoms with Gasteiger partial charge < -0.3 is 29.7 Å². The molecule has 63 heavy (non-hydrogen) atoms. The van der Waals surface area contributed by atoms with Crippen molar-refractivity contribution >= 4 is 81.6 Å². The van der Waals surface area contributed by atoms with Gasteiger partial charge in [-0.15, -0.1) is 23.4 Å². The zero-order chi connectivity index (χ0) is 45.8. The number of aliphatic carboxylic acids is 1. The number of thioether (sulfide) groups is 1. The first kappa shape index (κ1) is 47.3. The largest absolute Gasteiger partial charge is 0.480 e. The van der Waals surface area contributed by atoms with E-state index in [-0.39, 0.29) is 79.0 Å². The summed E-state index contributed by atoms with van der Waals surface area (Å²) in [6.07, 6.45) is 5.08. The van der Waals surface area contributed by atoms with Crippen molar-refractivity contribution in [3.05, 3.63) is 65.1 Å². The van der Waals surface area contributed by atoms with Crippen LogP contribution in [-0.4, -0.2) is 125 Å². The summed E-state index contributed by atoms with van der Waals surface area (Å²) in [5, 5.41) is 13.5. The first-order valence-corrected chi connectivity index (χ1v) is 22.7. The van der Waals surface area contributed by atoms with Gasteiger partial charge >= 0.3 is 18.2 Å². The van der Waals surface area contributed by atoms with Crippen LogP contribution in [0.5, 0.6) is 5.75 Å². The Bertz CT molecular complexity index is 2210.